The van der Waals surface area contributed by atoms with Gasteiger partial charge in [0.25, 0.3) is 0 Å². The van der Waals surface area contributed by atoms with Crippen LogP contribution < -0.4 is 4.74 Å². The minimum absolute atomic E-state index is 0.116. The van der Waals surface area contributed by atoms with Crippen molar-refractivity contribution < 1.29 is 14.9 Å². The lowest BCUT2D eigenvalue weighted by atomic mass is 10.2. The Bertz CT molecular complexity index is 528. The third-order valence-electron chi connectivity index (χ3n) is 3.17. The molecule has 0 aliphatic carbocycles. The zero-order valence-corrected chi connectivity index (χ0v) is 12.0. The van der Waals surface area contributed by atoms with E-state index in [0.717, 1.165) is 24.3 Å². The third-order valence-corrected chi connectivity index (χ3v) is 3.17. The van der Waals surface area contributed by atoms with Gasteiger partial charge >= 0.3 is 0 Å². The highest BCUT2D eigenvalue weighted by molar-refractivity contribution is 5.20. The van der Waals surface area contributed by atoms with Crippen LogP contribution in [0.2, 0.25) is 0 Å². The molecule has 1 aromatic carbocycles. The monoisotopic (exact) mass is 291 g/mol. The van der Waals surface area contributed by atoms with Gasteiger partial charge in [0.05, 0.1) is 18.9 Å². The van der Waals surface area contributed by atoms with E-state index in [1.165, 1.54) is 0 Å². The lowest BCUT2D eigenvalue weighted by Crippen LogP contribution is -2.09. The Morgan fingerprint density at radius 1 is 1.10 bits per heavy atom. The van der Waals surface area contributed by atoms with E-state index < -0.39 is 0 Å². The number of hydrogen-bond acceptors (Lipinski definition) is 5. The molecule has 0 unspecified atom stereocenters. The molecule has 0 saturated carbocycles. The molecule has 6 nitrogen and oxygen atoms in total. The van der Waals surface area contributed by atoms with Crippen molar-refractivity contribution in [3.05, 3.63) is 41.7 Å². The number of hydrogen-bond donors (Lipinski definition) is 2. The lowest BCUT2D eigenvalue weighted by Gasteiger charge is -2.08. The molecule has 0 amide bonds. The first-order valence-corrected chi connectivity index (χ1v) is 7.16. The van der Waals surface area contributed by atoms with E-state index in [9.17, 15) is 5.11 Å². The highest BCUT2D eigenvalue weighted by Gasteiger charge is 2.11. The number of rotatable bonds is 9. The fourth-order valence-corrected chi connectivity index (χ4v) is 2.11. The number of aryl methyl sites for hydroxylation is 1. The van der Waals surface area contributed by atoms with Crippen LogP contribution in [0, 0.1) is 0 Å². The van der Waals surface area contributed by atoms with Crippen LogP contribution in [-0.4, -0.2) is 38.4 Å². The molecule has 0 spiro atoms. The molecule has 6 heteroatoms. The number of para-hydroxylation sites is 1. The van der Waals surface area contributed by atoms with Crippen LogP contribution in [0.15, 0.2) is 30.3 Å². The average molecular weight is 291 g/mol. The fourth-order valence-electron chi connectivity index (χ4n) is 2.11. The van der Waals surface area contributed by atoms with Gasteiger partial charge in [0.1, 0.15) is 11.4 Å². The van der Waals surface area contributed by atoms with Gasteiger partial charge in [-0.25, -0.2) is 4.68 Å². The first-order valence-electron chi connectivity index (χ1n) is 7.16. The predicted octanol–water partition coefficient (Wildman–Crippen LogP) is 1.16. The van der Waals surface area contributed by atoms with E-state index in [4.69, 9.17) is 9.84 Å². The zero-order valence-electron chi connectivity index (χ0n) is 12.0. The Morgan fingerprint density at radius 2 is 1.90 bits per heavy atom. The molecule has 0 saturated heterocycles. The maximum Gasteiger partial charge on any atom is 0.119 e. The van der Waals surface area contributed by atoms with E-state index in [1.54, 1.807) is 4.68 Å². The molecule has 0 aliphatic heterocycles. The van der Waals surface area contributed by atoms with Gasteiger partial charge in [-0.2, -0.15) is 0 Å². The first-order chi connectivity index (χ1) is 10.3. The van der Waals surface area contributed by atoms with Gasteiger partial charge in [-0.05, 0) is 31.4 Å². The summed E-state index contributed by atoms with van der Waals surface area (Å²) in [5.41, 5.74) is 1.52. The maximum atomic E-state index is 9.30. The van der Waals surface area contributed by atoms with Gasteiger partial charge in [-0.1, -0.05) is 23.4 Å². The summed E-state index contributed by atoms with van der Waals surface area (Å²) in [6.07, 6.45) is 2.18. The molecule has 1 aromatic heterocycles. The summed E-state index contributed by atoms with van der Waals surface area (Å²) in [5, 5.41) is 26.2. The highest BCUT2D eigenvalue weighted by atomic mass is 16.5. The van der Waals surface area contributed by atoms with Crippen molar-refractivity contribution in [1.29, 1.82) is 0 Å². The van der Waals surface area contributed by atoms with Gasteiger partial charge in [0.2, 0.25) is 0 Å². The van der Waals surface area contributed by atoms with Crippen LogP contribution >= 0.6 is 0 Å². The van der Waals surface area contributed by atoms with Crippen molar-refractivity contribution in [3.63, 3.8) is 0 Å². The molecule has 0 fully saturated rings. The smallest absolute Gasteiger partial charge is 0.119 e. The van der Waals surface area contributed by atoms with Crippen LogP contribution in [0.4, 0.5) is 0 Å². The number of aliphatic hydroxyl groups is 2. The largest absolute Gasteiger partial charge is 0.494 e. The maximum absolute atomic E-state index is 9.30. The second-order valence-corrected chi connectivity index (χ2v) is 4.71. The number of aromatic nitrogens is 3. The Morgan fingerprint density at radius 3 is 2.62 bits per heavy atom. The first kappa shape index (κ1) is 15.5. The van der Waals surface area contributed by atoms with Gasteiger partial charge in [-0.15, -0.1) is 5.10 Å². The second-order valence-electron chi connectivity index (χ2n) is 4.71. The molecule has 0 bridgehead atoms. The SMILES string of the molecule is OCCCn1nnc(CO)c1CCCOc1ccccc1. The van der Waals surface area contributed by atoms with Crippen LogP contribution in [0.3, 0.4) is 0 Å². The topological polar surface area (TPSA) is 80.4 Å². The summed E-state index contributed by atoms with van der Waals surface area (Å²) >= 11 is 0. The number of benzene rings is 1. The molecule has 2 aromatic rings. The quantitative estimate of drug-likeness (QED) is 0.678. The van der Waals surface area contributed by atoms with Crippen LogP contribution in [-0.2, 0) is 19.6 Å². The summed E-state index contributed by atoms with van der Waals surface area (Å²) in [5.74, 6) is 0.854. The molecule has 2 rings (SSSR count). The van der Waals surface area contributed by atoms with E-state index in [-0.39, 0.29) is 13.2 Å². The van der Waals surface area contributed by atoms with Crippen molar-refractivity contribution in [3.8, 4) is 5.75 Å². The third kappa shape index (κ3) is 4.54. The van der Waals surface area contributed by atoms with Gasteiger partial charge in [0, 0.05) is 13.2 Å². The predicted molar refractivity (Wildman–Crippen MR) is 77.9 cm³/mol. The van der Waals surface area contributed by atoms with Crippen LogP contribution in [0.5, 0.6) is 5.75 Å². The molecule has 2 N–H and O–H groups in total. The van der Waals surface area contributed by atoms with Crippen LogP contribution in [0.25, 0.3) is 0 Å². The molecular formula is C15H21N3O3. The van der Waals surface area contributed by atoms with Crippen molar-refractivity contribution >= 4 is 0 Å². The molecule has 0 atom stereocenters. The van der Waals surface area contributed by atoms with E-state index in [2.05, 4.69) is 10.3 Å². The fraction of sp³-hybridized carbons (Fsp3) is 0.467. The summed E-state index contributed by atoms with van der Waals surface area (Å²) in [6, 6.07) is 9.67. The minimum atomic E-state index is -0.117. The standard InChI is InChI=1S/C15H21N3O3/c19-10-5-9-18-15(14(12-20)16-17-18)8-4-11-21-13-6-2-1-3-7-13/h1-3,6-7,19-20H,4-5,8-12H2. The van der Waals surface area contributed by atoms with Crippen molar-refractivity contribution in [2.75, 3.05) is 13.2 Å². The number of aliphatic hydroxyl groups excluding tert-OH is 2. The Labute approximate surface area is 124 Å². The molecule has 0 aliphatic rings. The average Bonchev–Trinajstić information content (AvgIpc) is 2.92. The summed E-state index contributed by atoms with van der Waals surface area (Å²) in [7, 11) is 0. The molecule has 114 valence electrons. The second kappa shape index (κ2) is 8.39. The molecule has 0 radical (unpaired) electrons. The lowest BCUT2D eigenvalue weighted by molar-refractivity contribution is 0.271. The normalized spacial score (nSPS) is 10.8. The van der Waals surface area contributed by atoms with E-state index >= 15 is 0 Å². The van der Waals surface area contributed by atoms with E-state index in [0.29, 0.717) is 25.3 Å². The summed E-state index contributed by atoms with van der Waals surface area (Å²) < 4.78 is 7.40. The Balaban J connectivity index is 1.85. The molecule has 21 heavy (non-hydrogen) atoms. The van der Waals surface area contributed by atoms with Crippen molar-refractivity contribution in [2.24, 2.45) is 0 Å². The number of nitrogens with zero attached hydrogens (tertiary/aromatic N) is 3. The Hall–Kier alpha value is -1.92. The highest BCUT2D eigenvalue weighted by Crippen LogP contribution is 2.12. The van der Waals surface area contributed by atoms with Gasteiger partial charge < -0.3 is 14.9 Å². The minimum Gasteiger partial charge on any atom is -0.494 e. The molecular weight excluding hydrogens is 270 g/mol. The van der Waals surface area contributed by atoms with E-state index in [1.807, 2.05) is 30.3 Å². The number of ether oxygens (including phenoxy) is 1. The van der Waals surface area contributed by atoms with Crippen molar-refractivity contribution in [1.82, 2.24) is 15.0 Å². The summed E-state index contributed by atoms with van der Waals surface area (Å²) in [4.78, 5) is 0. The summed E-state index contributed by atoms with van der Waals surface area (Å²) in [6.45, 7) is 1.21. The van der Waals surface area contributed by atoms with Crippen molar-refractivity contribution in [2.45, 2.75) is 32.4 Å². The molecule has 1 heterocycles. The van der Waals surface area contributed by atoms with Crippen LogP contribution in [0.1, 0.15) is 24.2 Å². The van der Waals surface area contributed by atoms with Gasteiger partial charge in [0.15, 0.2) is 0 Å². The zero-order chi connectivity index (χ0) is 14.9. The van der Waals surface area contributed by atoms with Gasteiger partial charge in [-0.3, -0.25) is 0 Å². The Kier molecular flexibility index (Phi) is 6.18.